The Balaban J connectivity index is 1.81. The molecule has 0 saturated heterocycles. The molecule has 0 aliphatic carbocycles. The Kier molecular flexibility index (Phi) is 3.23. The number of aromatic nitrogens is 4. The topological polar surface area (TPSA) is 55.6 Å². The summed E-state index contributed by atoms with van der Waals surface area (Å²) in [4.78, 5) is 0. The van der Waals surface area contributed by atoms with Crippen molar-refractivity contribution in [2.75, 3.05) is 5.32 Å². The maximum atomic E-state index is 4.10. The van der Waals surface area contributed by atoms with Crippen molar-refractivity contribution in [3.8, 4) is 0 Å². The van der Waals surface area contributed by atoms with E-state index in [1.54, 1.807) is 4.68 Å². The molecule has 4 rings (SSSR count). The zero-order valence-corrected chi connectivity index (χ0v) is 13.1. The minimum absolute atomic E-state index is 0.0328. The summed E-state index contributed by atoms with van der Waals surface area (Å²) in [6.45, 7) is 0. The molecule has 5 nitrogen and oxygen atoms in total. The molecule has 1 aliphatic heterocycles. The van der Waals surface area contributed by atoms with Gasteiger partial charge in [0.15, 0.2) is 0 Å². The Bertz CT molecular complexity index is 823. The average molecular weight is 354 g/mol. The molecule has 1 aromatic heterocycles. The van der Waals surface area contributed by atoms with E-state index in [1.165, 1.54) is 0 Å². The van der Waals surface area contributed by atoms with E-state index >= 15 is 0 Å². The van der Waals surface area contributed by atoms with Gasteiger partial charge in [0.2, 0.25) is 5.95 Å². The molecule has 6 heteroatoms. The van der Waals surface area contributed by atoms with Gasteiger partial charge in [-0.2, -0.15) is 4.68 Å². The number of anilines is 1. The fourth-order valence-electron chi connectivity index (χ4n) is 2.54. The summed E-state index contributed by atoms with van der Waals surface area (Å²) in [6, 6.07) is 18.3. The second-order valence-electron chi connectivity index (χ2n) is 5.01. The first-order chi connectivity index (χ1) is 10.8. The van der Waals surface area contributed by atoms with Crippen LogP contribution in [0.1, 0.15) is 17.2 Å². The molecule has 0 amide bonds. The normalized spacial score (nSPS) is 16.6. The summed E-state index contributed by atoms with van der Waals surface area (Å²) < 4.78 is 2.84. The van der Waals surface area contributed by atoms with Crippen LogP contribution in [-0.2, 0) is 0 Å². The zero-order valence-electron chi connectivity index (χ0n) is 11.5. The number of tetrazole rings is 1. The SMILES string of the molecule is Brc1ccc(C2C=C(c3ccccc3)Nc3nnnn32)cc1. The van der Waals surface area contributed by atoms with Gasteiger partial charge in [-0.1, -0.05) is 63.5 Å². The number of benzene rings is 2. The lowest BCUT2D eigenvalue weighted by Gasteiger charge is -2.23. The molecule has 3 aromatic rings. The van der Waals surface area contributed by atoms with Crippen LogP contribution >= 0.6 is 15.9 Å². The smallest absolute Gasteiger partial charge is 0.248 e. The van der Waals surface area contributed by atoms with Gasteiger partial charge in [-0.05, 0) is 39.8 Å². The van der Waals surface area contributed by atoms with E-state index in [4.69, 9.17) is 0 Å². The first-order valence-electron chi connectivity index (χ1n) is 6.89. The van der Waals surface area contributed by atoms with Gasteiger partial charge in [-0.25, -0.2) is 0 Å². The van der Waals surface area contributed by atoms with E-state index in [2.05, 4.69) is 67.1 Å². The molecule has 0 saturated carbocycles. The summed E-state index contributed by atoms with van der Waals surface area (Å²) in [5.41, 5.74) is 3.25. The number of rotatable bonds is 2. The lowest BCUT2D eigenvalue weighted by atomic mass is 10.0. The number of nitrogens with zero attached hydrogens (tertiary/aromatic N) is 4. The van der Waals surface area contributed by atoms with Crippen molar-refractivity contribution in [2.24, 2.45) is 0 Å². The highest BCUT2D eigenvalue weighted by atomic mass is 79.9. The van der Waals surface area contributed by atoms with Gasteiger partial charge in [-0.3, -0.25) is 0 Å². The Morgan fingerprint density at radius 1 is 1.00 bits per heavy atom. The van der Waals surface area contributed by atoms with Crippen molar-refractivity contribution in [1.82, 2.24) is 20.2 Å². The Morgan fingerprint density at radius 2 is 1.77 bits per heavy atom. The highest BCUT2D eigenvalue weighted by Gasteiger charge is 2.24. The minimum atomic E-state index is -0.0328. The van der Waals surface area contributed by atoms with Gasteiger partial charge in [0.05, 0.1) is 0 Å². The van der Waals surface area contributed by atoms with Crippen molar-refractivity contribution in [3.05, 3.63) is 76.3 Å². The molecular weight excluding hydrogens is 342 g/mol. The molecular formula is C16H12BrN5. The summed E-state index contributed by atoms with van der Waals surface area (Å²) >= 11 is 3.47. The number of fused-ring (bicyclic) bond motifs is 1. The molecule has 0 fully saturated rings. The van der Waals surface area contributed by atoms with Crippen LogP contribution in [0.25, 0.3) is 5.70 Å². The van der Waals surface area contributed by atoms with Gasteiger partial charge in [-0.15, -0.1) is 0 Å². The van der Waals surface area contributed by atoms with E-state index in [1.807, 2.05) is 30.3 Å². The maximum Gasteiger partial charge on any atom is 0.248 e. The van der Waals surface area contributed by atoms with Crippen LogP contribution in [0.15, 0.2) is 65.1 Å². The third-order valence-electron chi connectivity index (χ3n) is 3.62. The zero-order chi connectivity index (χ0) is 14.9. The van der Waals surface area contributed by atoms with Gasteiger partial charge in [0, 0.05) is 10.2 Å². The number of hydrogen-bond acceptors (Lipinski definition) is 4. The molecule has 1 N–H and O–H groups in total. The summed E-state index contributed by atoms with van der Waals surface area (Å²) in [7, 11) is 0. The number of hydrogen-bond donors (Lipinski definition) is 1. The van der Waals surface area contributed by atoms with Gasteiger partial charge >= 0.3 is 0 Å². The van der Waals surface area contributed by atoms with Crippen LogP contribution in [0.4, 0.5) is 5.95 Å². The molecule has 0 bridgehead atoms. The van der Waals surface area contributed by atoms with E-state index in [9.17, 15) is 0 Å². The summed E-state index contributed by atoms with van der Waals surface area (Å²) in [5, 5.41) is 15.2. The van der Waals surface area contributed by atoms with E-state index in [0.717, 1.165) is 21.3 Å². The Hall–Kier alpha value is -2.47. The fourth-order valence-corrected chi connectivity index (χ4v) is 2.80. The van der Waals surface area contributed by atoms with Gasteiger partial charge in [0.25, 0.3) is 0 Å². The Morgan fingerprint density at radius 3 is 2.55 bits per heavy atom. The molecule has 1 atom stereocenters. The number of halogens is 1. The molecule has 2 aromatic carbocycles. The average Bonchev–Trinajstić information content (AvgIpc) is 3.04. The van der Waals surface area contributed by atoms with Crippen LogP contribution < -0.4 is 5.32 Å². The van der Waals surface area contributed by atoms with Crippen LogP contribution in [0.5, 0.6) is 0 Å². The van der Waals surface area contributed by atoms with Crippen LogP contribution in [0.3, 0.4) is 0 Å². The fraction of sp³-hybridized carbons (Fsp3) is 0.0625. The summed E-state index contributed by atoms with van der Waals surface area (Å²) in [5.74, 6) is 0.647. The first kappa shape index (κ1) is 13.2. The summed E-state index contributed by atoms with van der Waals surface area (Å²) in [6.07, 6.45) is 2.14. The Labute approximate surface area is 135 Å². The largest absolute Gasteiger partial charge is 0.323 e. The van der Waals surface area contributed by atoms with Crippen molar-refractivity contribution < 1.29 is 0 Å². The monoisotopic (exact) mass is 353 g/mol. The van der Waals surface area contributed by atoms with Gasteiger partial charge in [0.1, 0.15) is 6.04 Å². The highest BCUT2D eigenvalue weighted by Crippen LogP contribution is 2.31. The molecule has 2 heterocycles. The van der Waals surface area contributed by atoms with E-state index < -0.39 is 0 Å². The lowest BCUT2D eigenvalue weighted by Crippen LogP contribution is -2.20. The van der Waals surface area contributed by atoms with Crippen molar-refractivity contribution in [1.29, 1.82) is 0 Å². The second-order valence-corrected chi connectivity index (χ2v) is 5.93. The maximum absolute atomic E-state index is 4.10. The molecule has 1 unspecified atom stereocenters. The van der Waals surface area contributed by atoms with Gasteiger partial charge < -0.3 is 5.32 Å². The molecule has 0 spiro atoms. The third-order valence-corrected chi connectivity index (χ3v) is 4.15. The minimum Gasteiger partial charge on any atom is -0.323 e. The first-order valence-corrected chi connectivity index (χ1v) is 7.68. The number of nitrogens with one attached hydrogen (secondary N) is 1. The van der Waals surface area contributed by atoms with Crippen LogP contribution in [0.2, 0.25) is 0 Å². The molecule has 108 valence electrons. The quantitative estimate of drug-likeness (QED) is 0.766. The third kappa shape index (κ3) is 2.31. The predicted molar refractivity (Wildman–Crippen MR) is 88.1 cm³/mol. The predicted octanol–water partition coefficient (Wildman–Crippen LogP) is 3.49. The van der Waals surface area contributed by atoms with E-state index in [-0.39, 0.29) is 6.04 Å². The number of allylic oxidation sites excluding steroid dienone is 1. The lowest BCUT2D eigenvalue weighted by molar-refractivity contribution is 0.586. The molecule has 22 heavy (non-hydrogen) atoms. The van der Waals surface area contributed by atoms with Crippen molar-refractivity contribution in [2.45, 2.75) is 6.04 Å². The van der Waals surface area contributed by atoms with E-state index in [0.29, 0.717) is 5.95 Å². The van der Waals surface area contributed by atoms with Crippen LogP contribution in [0, 0.1) is 0 Å². The second kappa shape index (κ2) is 5.38. The highest BCUT2D eigenvalue weighted by molar-refractivity contribution is 9.10. The molecule has 0 radical (unpaired) electrons. The van der Waals surface area contributed by atoms with Crippen LogP contribution in [-0.4, -0.2) is 20.2 Å². The standard InChI is InChI=1S/C16H12BrN5/c17-13-8-6-12(7-9-13)15-10-14(11-4-2-1-3-5-11)18-16-19-20-21-22(15)16/h1-10,15H,(H,18,19,21). The molecule has 1 aliphatic rings. The van der Waals surface area contributed by atoms with Crippen molar-refractivity contribution >= 4 is 27.6 Å². The van der Waals surface area contributed by atoms with Crippen molar-refractivity contribution in [3.63, 3.8) is 0 Å².